The Balaban J connectivity index is 2.15. The van der Waals surface area contributed by atoms with Crippen LogP contribution in [0.3, 0.4) is 0 Å². The molecule has 0 aliphatic heterocycles. The van der Waals surface area contributed by atoms with Crippen LogP contribution < -0.4 is 5.32 Å². The molecule has 2 aromatic rings. The number of carbonyl (C=O) groups is 2. The zero-order valence-corrected chi connectivity index (χ0v) is 18.3. The predicted molar refractivity (Wildman–Crippen MR) is 111 cm³/mol. The number of sulfone groups is 1. The van der Waals surface area contributed by atoms with Crippen molar-refractivity contribution in [1.82, 2.24) is 5.32 Å². The fraction of sp³-hybridized carbons (Fsp3) is 0.250. The Hall–Kier alpha value is -2.77. The van der Waals surface area contributed by atoms with E-state index in [1.54, 1.807) is 18.2 Å². The molecule has 0 aliphatic rings. The minimum atomic E-state index is -3.41. The van der Waals surface area contributed by atoms with E-state index in [4.69, 9.17) is 10.00 Å². The lowest BCUT2D eigenvalue weighted by molar-refractivity contribution is -0.147. The Labute approximate surface area is 181 Å². The lowest BCUT2D eigenvalue weighted by Gasteiger charge is -2.18. The molecule has 0 fully saturated rings. The van der Waals surface area contributed by atoms with E-state index in [0.29, 0.717) is 4.47 Å². The van der Waals surface area contributed by atoms with Gasteiger partial charge in [0, 0.05) is 16.3 Å². The van der Waals surface area contributed by atoms with Gasteiger partial charge in [0.2, 0.25) is 0 Å². The van der Waals surface area contributed by atoms with Gasteiger partial charge in [0.15, 0.2) is 0 Å². The van der Waals surface area contributed by atoms with Crippen molar-refractivity contribution in [3.8, 4) is 6.07 Å². The van der Waals surface area contributed by atoms with Gasteiger partial charge < -0.3 is 10.1 Å². The third-order valence-electron chi connectivity index (χ3n) is 4.03. The van der Waals surface area contributed by atoms with Gasteiger partial charge in [-0.05, 0) is 52.7 Å². The maximum absolute atomic E-state index is 13.9. The van der Waals surface area contributed by atoms with Crippen LogP contribution in [0.15, 0.2) is 46.9 Å². The molecule has 1 N–H and O–H groups in total. The quantitative estimate of drug-likeness (QED) is 0.562. The van der Waals surface area contributed by atoms with Crippen LogP contribution in [0.4, 0.5) is 4.39 Å². The first-order valence-corrected chi connectivity index (χ1v) is 11.5. The number of carbonyl (C=O) groups excluding carboxylic acids is 2. The second-order valence-electron chi connectivity index (χ2n) is 6.45. The number of nitrogens with zero attached hydrogens (tertiary/aromatic N) is 1. The van der Waals surface area contributed by atoms with E-state index in [1.807, 2.05) is 6.07 Å². The van der Waals surface area contributed by atoms with Crippen LogP contribution in [0.5, 0.6) is 0 Å². The molecular weight excluding hydrogens is 479 g/mol. The summed E-state index contributed by atoms with van der Waals surface area (Å²) in [4.78, 5) is 25.0. The Morgan fingerprint density at radius 3 is 2.60 bits per heavy atom. The summed E-state index contributed by atoms with van der Waals surface area (Å²) in [6.07, 6.45) is 0.794. The summed E-state index contributed by atoms with van der Waals surface area (Å²) in [6, 6.07) is 10.7. The molecule has 0 saturated heterocycles. The first-order chi connectivity index (χ1) is 14.1. The molecule has 1 atom stereocenters. The molecule has 30 heavy (non-hydrogen) atoms. The number of amides is 1. The van der Waals surface area contributed by atoms with Crippen molar-refractivity contribution in [2.75, 3.05) is 12.0 Å². The molecule has 7 nitrogen and oxygen atoms in total. The maximum atomic E-state index is 13.9. The van der Waals surface area contributed by atoms with Gasteiger partial charge in [-0.15, -0.1) is 0 Å². The molecule has 10 heteroatoms. The standard InChI is InChI=1S/C20H18BrFN2O5S/c1-30(27,28)9-8-18(24-19(25)15-4-2-3-5-16(15)21)20(26)29-12-14-10-13(11-23)6-7-17(14)22/h2-7,10,18H,8-9,12H2,1H3,(H,24,25)/t18-/m0/s1. The summed E-state index contributed by atoms with van der Waals surface area (Å²) in [6.45, 7) is -0.472. The third-order valence-corrected chi connectivity index (χ3v) is 5.70. The van der Waals surface area contributed by atoms with E-state index < -0.39 is 40.2 Å². The van der Waals surface area contributed by atoms with Crippen molar-refractivity contribution in [2.24, 2.45) is 0 Å². The van der Waals surface area contributed by atoms with Crippen LogP contribution in [0.1, 0.15) is 27.9 Å². The minimum Gasteiger partial charge on any atom is -0.459 e. The number of nitrogens with one attached hydrogen (secondary N) is 1. The van der Waals surface area contributed by atoms with Gasteiger partial charge in [0.1, 0.15) is 28.3 Å². The van der Waals surface area contributed by atoms with Crippen LogP contribution >= 0.6 is 15.9 Å². The molecule has 0 bridgehead atoms. The zero-order valence-electron chi connectivity index (χ0n) is 15.9. The molecular formula is C20H18BrFN2O5S. The van der Waals surface area contributed by atoms with Crippen molar-refractivity contribution < 1.29 is 27.1 Å². The highest BCUT2D eigenvalue weighted by Gasteiger charge is 2.25. The summed E-state index contributed by atoms with van der Waals surface area (Å²) < 4.78 is 42.5. The first kappa shape index (κ1) is 23.5. The van der Waals surface area contributed by atoms with Gasteiger partial charge in [0.25, 0.3) is 5.91 Å². The fourth-order valence-electron chi connectivity index (χ4n) is 2.47. The number of ether oxygens (including phenoxy) is 1. The highest BCUT2D eigenvalue weighted by atomic mass is 79.9. The molecule has 2 rings (SSSR count). The SMILES string of the molecule is CS(=O)(=O)CC[C@H](NC(=O)c1ccccc1Br)C(=O)OCc1cc(C#N)ccc1F. The van der Waals surface area contributed by atoms with Crippen molar-refractivity contribution in [2.45, 2.75) is 19.1 Å². The van der Waals surface area contributed by atoms with E-state index in [9.17, 15) is 22.4 Å². The molecule has 0 spiro atoms. The summed E-state index contributed by atoms with van der Waals surface area (Å²) in [7, 11) is -3.41. The van der Waals surface area contributed by atoms with Gasteiger partial charge in [-0.1, -0.05) is 12.1 Å². The number of benzene rings is 2. The van der Waals surface area contributed by atoms with Gasteiger partial charge in [0.05, 0.1) is 22.9 Å². The van der Waals surface area contributed by atoms with Crippen molar-refractivity contribution in [3.63, 3.8) is 0 Å². The number of halogens is 2. The second-order valence-corrected chi connectivity index (χ2v) is 9.56. The predicted octanol–water partition coefficient (Wildman–Crippen LogP) is 2.74. The Morgan fingerprint density at radius 2 is 1.97 bits per heavy atom. The Morgan fingerprint density at radius 1 is 1.27 bits per heavy atom. The molecule has 0 unspecified atom stereocenters. The lowest BCUT2D eigenvalue weighted by Crippen LogP contribution is -2.43. The summed E-state index contributed by atoms with van der Waals surface area (Å²) >= 11 is 3.24. The first-order valence-electron chi connectivity index (χ1n) is 8.69. The largest absolute Gasteiger partial charge is 0.459 e. The smallest absolute Gasteiger partial charge is 0.329 e. The van der Waals surface area contributed by atoms with Crippen LogP contribution in [0.25, 0.3) is 0 Å². The average molecular weight is 497 g/mol. The lowest BCUT2D eigenvalue weighted by atomic mass is 10.1. The van der Waals surface area contributed by atoms with Crippen LogP contribution in [-0.4, -0.2) is 38.3 Å². The highest BCUT2D eigenvalue weighted by molar-refractivity contribution is 9.10. The zero-order chi connectivity index (χ0) is 22.3. The molecule has 0 radical (unpaired) electrons. The molecule has 1 amide bonds. The van der Waals surface area contributed by atoms with Crippen LogP contribution in [-0.2, 0) is 26.0 Å². The molecule has 158 valence electrons. The molecule has 0 aliphatic carbocycles. The maximum Gasteiger partial charge on any atom is 0.329 e. The van der Waals surface area contributed by atoms with Gasteiger partial charge in [-0.25, -0.2) is 17.6 Å². The van der Waals surface area contributed by atoms with Crippen molar-refractivity contribution in [3.05, 3.63) is 69.4 Å². The summed E-state index contributed by atoms with van der Waals surface area (Å²) in [5.74, 6) is -2.54. The van der Waals surface area contributed by atoms with Gasteiger partial charge in [-0.3, -0.25) is 4.79 Å². The fourth-order valence-corrected chi connectivity index (χ4v) is 3.60. The number of nitriles is 1. The second kappa shape index (κ2) is 10.3. The molecule has 2 aromatic carbocycles. The molecule has 0 heterocycles. The summed E-state index contributed by atoms with van der Waals surface area (Å²) in [5.41, 5.74) is 0.433. The number of esters is 1. The Bertz CT molecular complexity index is 1100. The molecule has 0 saturated carbocycles. The number of hydrogen-bond acceptors (Lipinski definition) is 6. The van der Waals surface area contributed by atoms with Crippen molar-refractivity contribution >= 4 is 37.6 Å². The van der Waals surface area contributed by atoms with E-state index in [0.717, 1.165) is 12.3 Å². The van der Waals surface area contributed by atoms with Gasteiger partial charge in [-0.2, -0.15) is 5.26 Å². The highest BCUT2D eigenvalue weighted by Crippen LogP contribution is 2.17. The topological polar surface area (TPSA) is 113 Å². The molecule has 0 aromatic heterocycles. The Kier molecular flexibility index (Phi) is 8.08. The average Bonchev–Trinajstić information content (AvgIpc) is 2.69. The normalized spacial score (nSPS) is 11.9. The van der Waals surface area contributed by atoms with E-state index in [1.165, 1.54) is 18.2 Å². The van der Waals surface area contributed by atoms with Crippen LogP contribution in [0.2, 0.25) is 0 Å². The number of hydrogen-bond donors (Lipinski definition) is 1. The van der Waals surface area contributed by atoms with E-state index in [2.05, 4.69) is 21.2 Å². The number of rotatable bonds is 8. The van der Waals surface area contributed by atoms with E-state index in [-0.39, 0.29) is 28.9 Å². The van der Waals surface area contributed by atoms with Gasteiger partial charge >= 0.3 is 5.97 Å². The third kappa shape index (κ3) is 6.93. The minimum absolute atomic E-state index is 0.0126. The summed E-state index contributed by atoms with van der Waals surface area (Å²) in [5, 5.41) is 11.4. The van der Waals surface area contributed by atoms with Crippen molar-refractivity contribution in [1.29, 1.82) is 5.26 Å². The van der Waals surface area contributed by atoms with Crippen LogP contribution in [0, 0.1) is 17.1 Å². The van der Waals surface area contributed by atoms with E-state index >= 15 is 0 Å². The monoisotopic (exact) mass is 496 g/mol.